The molecule has 0 heterocycles. The van der Waals surface area contributed by atoms with E-state index in [-0.39, 0.29) is 6.42 Å². The molecule has 0 saturated carbocycles. The monoisotopic (exact) mass is 154 g/mol. The number of halogens is 2. The van der Waals surface area contributed by atoms with Crippen LogP contribution >= 0.6 is 0 Å². The Hall–Kier alpha value is -0.870. The number of hydrogen-bond donors (Lipinski definition) is 1. The van der Waals surface area contributed by atoms with Crippen LogP contribution in [0.1, 0.15) is 13.3 Å². The minimum absolute atomic E-state index is 0.103. The van der Waals surface area contributed by atoms with Gasteiger partial charge in [-0.05, 0) is 6.42 Å². The lowest BCUT2D eigenvalue weighted by atomic mass is 10.3. The molecule has 3 nitrogen and oxygen atoms in total. The van der Waals surface area contributed by atoms with Crippen molar-refractivity contribution in [2.75, 3.05) is 0 Å². The molecule has 0 aliphatic carbocycles. The third-order valence-corrected chi connectivity index (χ3v) is 0.888. The lowest BCUT2D eigenvalue weighted by Gasteiger charge is -2.09. The van der Waals surface area contributed by atoms with E-state index in [1.54, 1.807) is 0 Å². The van der Waals surface area contributed by atoms with Crippen LogP contribution in [-0.4, -0.2) is 23.8 Å². The van der Waals surface area contributed by atoms with E-state index in [9.17, 15) is 13.6 Å². The second-order valence-electron chi connectivity index (χ2n) is 1.66. The first-order chi connectivity index (χ1) is 4.57. The van der Waals surface area contributed by atoms with Crippen molar-refractivity contribution in [1.29, 1.82) is 0 Å². The SMILES string of the molecule is CCC(F)C(F)OC(=O)O. The Morgan fingerprint density at radius 3 is 2.50 bits per heavy atom. The number of alkyl halides is 2. The van der Waals surface area contributed by atoms with Gasteiger partial charge in [-0.15, -0.1) is 0 Å². The molecule has 0 saturated heterocycles. The molecule has 2 atom stereocenters. The number of carbonyl (C=O) groups is 1. The average molecular weight is 154 g/mol. The summed E-state index contributed by atoms with van der Waals surface area (Å²) >= 11 is 0. The van der Waals surface area contributed by atoms with Crippen molar-refractivity contribution in [3.8, 4) is 0 Å². The normalized spacial score (nSPS) is 15.9. The molecule has 0 aromatic carbocycles. The highest BCUT2D eigenvalue weighted by Gasteiger charge is 2.21. The molecule has 0 aliphatic rings. The zero-order valence-corrected chi connectivity index (χ0v) is 5.38. The second kappa shape index (κ2) is 4.03. The fourth-order valence-electron chi connectivity index (χ4n) is 0.355. The predicted octanol–water partition coefficient (Wildman–Crippen LogP) is 1.72. The van der Waals surface area contributed by atoms with Crippen molar-refractivity contribution in [2.45, 2.75) is 25.9 Å². The first-order valence-corrected chi connectivity index (χ1v) is 2.75. The summed E-state index contributed by atoms with van der Waals surface area (Å²) in [4.78, 5) is 9.60. The van der Waals surface area contributed by atoms with Gasteiger partial charge >= 0.3 is 6.16 Å². The van der Waals surface area contributed by atoms with Crippen LogP contribution in [0.3, 0.4) is 0 Å². The standard InChI is InChI=1S/C5H8F2O3/c1-2-3(6)4(7)10-5(8)9/h3-4H,2H2,1H3,(H,8,9). The second-order valence-corrected chi connectivity index (χ2v) is 1.66. The van der Waals surface area contributed by atoms with Gasteiger partial charge in [-0.25, -0.2) is 9.18 Å². The molecule has 2 unspecified atom stereocenters. The van der Waals surface area contributed by atoms with Crippen LogP contribution in [-0.2, 0) is 4.74 Å². The van der Waals surface area contributed by atoms with Gasteiger partial charge in [-0.1, -0.05) is 6.92 Å². The zero-order valence-electron chi connectivity index (χ0n) is 5.38. The molecule has 0 spiro atoms. The summed E-state index contributed by atoms with van der Waals surface area (Å²) < 4.78 is 27.7. The van der Waals surface area contributed by atoms with Crippen LogP contribution in [0.4, 0.5) is 13.6 Å². The summed E-state index contributed by atoms with van der Waals surface area (Å²) in [5.74, 6) is 0. The van der Waals surface area contributed by atoms with Gasteiger partial charge in [0.1, 0.15) is 0 Å². The molecule has 0 radical (unpaired) electrons. The highest BCUT2D eigenvalue weighted by Crippen LogP contribution is 2.08. The van der Waals surface area contributed by atoms with E-state index in [0.717, 1.165) is 0 Å². The van der Waals surface area contributed by atoms with Gasteiger partial charge < -0.3 is 9.84 Å². The van der Waals surface area contributed by atoms with Crippen LogP contribution in [0.15, 0.2) is 0 Å². The molecule has 0 rings (SSSR count). The predicted molar refractivity (Wildman–Crippen MR) is 29.2 cm³/mol. The van der Waals surface area contributed by atoms with E-state index in [1.807, 2.05) is 0 Å². The van der Waals surface area contributed by atoms with Gasteiger partial charge in [0.25, 0.3) is 6.36 Å². The summed E-state index contributed by atoms with van der Waals surface area (Å²) in [6.45, 7) is 1.39. The molecule has 0 amide bonds. The van der Waals surface area contributed by atoms with Crippen molar-refractivity contribution in [1.82, 2.24) is 0 Å². The first kappa shape index (κ1) is 9.13. The zero-order chi connectivity index (χ0) is 8.15. The van der Waals surface area contributed by atoms with E-state index < -0.39 is 18.7 Å². The Morgan fingerprint density at radius 1 is 1.70 bits per heavy atom. The smallest absolute Gasteiger partial charge is 0.450 e. The fraction of sp³-hybridized carbons (Fsp3) is 0.800. The topological polar surface area (TPSA) is 46.5 Å². The molecule has 0 aromatic rings. The van der Waals surface area contributed by atoms with Gasteiger partial charge in [-0.2, -0.15) is 4.39 Å². The van der Waals surface area contributed by atoms with Gasteiger partial charge in [0, 0.05) is 0 Å². The van der Waals surface area contributed by atoms with E-state index in [0.29, 0.717) is 0 Å². The largest absolute Gasteiger partial charge is 0.508 e. The van der Waals surface area contributed by atoms with Gasteiger partial charge in [0.05, 0.1) is 0 Å². The maximum Gasteiger partial charge on any atom is 0.508 e. The number of hydrogen-bond acceptors (Lipinski definition) is 2. The Kier molecular flexibility index (Phi) is 3.68. The molecule has 1 N–H and O–H groups in total. The molecule has 0 aliphatic heterocycles. The lowest BCUT2D eigenvalue weighted by Crippen LogP contribution is -2.22. The van der Waals surface area contributed by atoms with Gasteiger partial charge in [0.2, 0.25) is 0 Å². The van der Waals surface area contributed by atoms with Gasteiger partial charge in [-0.3, -0.25) is 0 Å². The van der Waals surface area contributed by atoms with Crippen LogP contribution in [0, 0.1) is 0 Å². The fourth-order valence-corrected chi connectivity index (χ4v) is 0.355. The highest BCUT2D eigenvalue weighted by atomic mass is 19.2. The van der Waals surface area contributed by atoms with Crippen LogP contribution < -0.4 is 0 Å². The third-order valence-electron chi connectivity index (χ3n) is 0.888. The number of rotatable bonds is 3. The molecule has 0 fully saturated rings. The minimum atomic E-state index is -2.36. The summed E-state index contributed by atoms with van der Waals surface area (Å²) in [7, 11) is 0. The molecule has 10 heavy (non-hydrogen) atoms. The summed E-state index contributed by atoms with van der Waals surface area (Å²) in [5, 5.41) is 7.80. The minimum Gasteiger partial charge on any atom is -0.450 e. The van der Waals surface area contributed by atoms with Gasteiger partial charge in [0.15, 0.2) is 6.17 Å². The van der Waals surface area contributed by atoms with Crippen molar-refractivity contribution >= 4 is 6.16 Å². The van der Waals surface area contributed by atoms with E-state index in [4.69, 9.17) is 5.11 Å². The molecular formula is C5H8F2O3. The Morgan fingerprint density at radius 2 is 2.20 bits per heavy atom. The van der Waals surface area contributed by atoms with Crippen molar-refractivity contribution in [3.63, 3.8) is 0 Å². The van der Waals surface area contributed by atoms with Crippen LogP contribution in [0.5, 0.6) is 0 Å². The van der Waals surface area contributed by atoms with Crippen LogP contribution in [0.25, 0.3) is 0 Å². The molecule has 0 bridgehead atoms. The van der Waals surface area contributed by atoms with Crippen molar-refractivity contribution in [2.24, 2.45) is 0 Å². The molecule has 5 heteroatoms. The third kappa shape index (κ3) is 3.21. The maximum atomic E-state index is 12.1. The molecule has 60 valence electrons. The molecular weight excluding hydrogens is 146 g/mol. The molecule has 0 aromatic heterocycles. The quantitative estimate of drug-likeness (QED) is 0.629. The maximum absolute atomic E-state index is 12.1. The Bertz CT molecular complexity index is 117. The van der Waals surface area contributed by atoms with Crippen LogP contribution in [0.2, 0.25) is 0 Å². The van der Waals surface area contributed by atoms with E-state index in [1.165, 1.54) is 6.92 Å². The highest BCUT2D eigenvalue weighted by molar-refractivity contribution is 5.56. The average Bonchev–Trinajstić information content (AvgIpc) is 1.85. The Labute approximate surface area is 56.6 Å². The van der Waals surface area contributed by atoms with E-state index >= 15 is 0 Å². The number of ether oxygens (including phenoxy) is 1. The lowest BCUT2D eigenvalue weighted by molar-refractivity contribution is -0.0602. The van der Waals surface area contributed by atoms with Crippen molar-refractivity contribution < 1.29 is 23.4 Å². The summed E-state index contributed by atoms with van der Waals surface area (Å²) in [5.41, 5.74) is 0. The first-order valence-electron chi connectivity index (χ1n) is 2.75. The van der Waals surface area contributed by atoms with Crippen molar-refractivity contribution in [3.05, 3.63) is 0 Å². The van der Waals surface area contributed by atoms with E-state index in [2.05, 4.69) is 4.74 Å². The summed E-state index contributed by atoms with van der Waals surface area (Å²) in [6.07, 6.45) is -6.13. The Balaban J connectivity index is 3.61. The number of carboxylic acid groups (broad SMARTS) is 1. The summed E-state index contributed by atoms with van der Waals surface area (Å²) in [6, 6.07) is 0.